The summed E-state index contributed by atoms with van der Waals surface area (Å²) >= 11 is 0. The maximum absolute atomic E-state index is 9.57. The summed E-state index contributed by atoms with van der Waals surface area (Å²) in [4.78, 5) is 0. The average Bonchev–Trinajstić information content (AvgIpc) is 2.81. The fourth-order valence-corrected chi connectivity index (χ4v) is 3.89. The molecular formula is C25H28NO6S-. The van der Waals surface area contributed by atoms with E-state index in [1.54, 1.807) is 0 Å². The molecule has 4 N–H and O–H groups in total. The quantitative estimate of drug-likeness (QED) is 0.241. The van der Waals surface area contributed by atoms with Gasteiger partial charge in [0.15, 0.2) is 0 Å². The van der Waals surface area contributed by atoms with Crippen LogP contribution in [0.1, 0.15) is 12.5 Å². The van der Waals surface area contributed by atoms with E-state index >= 15 is 0 Å². The molecule has 0 saturated heterocycles. The third kappa shape index (κ3) is 6.05. The van der Waals surface area contributed by atoms with Crippen LogP contribution in [0, 0.1) is 0 Å². The zero-order chi connectivity index (χ0) is 24.1. The van der Waals surface area contributed by atoms with E-state index in [1.807, 2.05) is 6.92 Å². The molecule has 7 nitrogen and oxygen atoms in total. The Morgan fingerprint density at radius 1 is 0.818 bits per heavy atom. The molecule has 0 unspecified atom stereocenters. The van der Waals surface area contributed by atoms with Gasteiger partial charge >= 0.3 is 0 Å². The first-order valence-electron chi connectivity index (χ1n) is 10.5. The number of benzene rings is 4. The lowest BCUT2D eigenvalue weighted by Gasteiger charge is -2.27. The first-order chi connectivity index (χ1) is 15.7. The van der Waals surface area contributed by atoms with Gasteiger partial charge in [-0.05, 0) is 50.9 Å². The summed E-state index contributed by atoms with van der Waals surface area (Å²) < 4.78 is 28.5. The van der Waals surface area contributed by atoms with Gasteiger partial charge in [-0.3, -0.25) is 0 Å². The van der Waals surface area contributed by atoms with E-state index in [0.29, 0.717) is 6.54 Å². The highest BCUT2D eigenvalue weighted by Gasteiger charge is 2.21. The second kappa shape index (κ2) is 10.6. The summed E-state index contributed by atoms with van der Waals surface area (Å²) in [6, 6.07) is 23.5. The summed E-state index contributed by atoms with van der Waals surface area (Å²) in [5.41, 5.74) is 0.465. The number of hydrogen-bond acceptors (Lipinski definition) is 7. The number of aliphatic hydroxyl groups is 3. The van der Waals surface area contributed by atoms with E-state index in [9.17, 15) is 23.2 Å². The minimum absolute atomic E-state index is 0.113. The van der Waals surface area contributed by atoms with Crippen LogP contribution in [0.3, 0.4) is 0 Å². The highest BCUT2D eigenvalue weighted by atomic mass is 32.2. The van der Waals surface area contributed by atoms with E-state index in [0.717, 1.165) is 5.56 Å². The first kappa shape index (κ1) is 25.0. The summed E-state index contributed by atoms with van der Waals surface area (Å²) in [7, 11) is -4.17. The normalized spacial score (nSPS) is 12.2. The molecule has 176 valence electrons. The lowest BCUT2D eigenvalue weighted by atomic mass is 9.93. The molecule has 0 aliphatic rings. The third-order valence-corrected chi connectivity index (χ3v) is 6.28. The molecule has 0 heterocycles. The van der Waals surface area contributed by atoms with Gasteiger partial charge in [0, 0.05) is 6.54 Å². The van der Waals surface area contributed by atoms with Gasteiger partial charge < -0.3 is 25.2 Å². The third-order valence-electron chi connectivity index (χ3n) is 5.60. The minimum Gasteiger partial charge on any atom is -0.748 e. The lowest BCUT2D eigenvalue weighted by Crippen LogP contribution is -2.48. The highest BCUT2D eigenvalue weighted by Crippen LogP contribution is 2.33. The Labute approximate surface area is 193 Å². The molecule has 0 fully saturated rings. The standard InChI is InChI=1S/C23H23NO2.C2H6O4S/c1-23(14-25,15-26)24-13-17-12-22-18-7-3-2-6-16(18)10-11-21(22)20-9-5-4-8-19(17)20;3-1-2-7(4,5)6/h2-12,24-26H,13-15H2,1H3;3H,1-2H2,(H,4,5,6)/p-1. The van der Waals surface area contributed by atoms with Crippen molar-refractivity contribution in [2.75, 3.05) is 25.6 Å². The second-order valence-electron chi connectivity index (χ2n) is 8.18. The molecule has 0 atom stereocenters. The van der Waals surface area contributed by atoms with E-state index in [-0.39, 0.29) is 13.2 Å². The fourth-order valence-electron chi connectivity index (χ4n) is 3.66. The predicted octanol–water partition coefficient (Wildman–Crippen LogP) is 2.50. The second-order valence-corrected chi connectivity index (χ2v) is 9.70. The molecule has 4 aromatic carbocycles. The lowest BCUT2D eigenvalue weighted by molar-refractivity contribution is 0.103. The summed E-state index contributed by atoms with van der Waals surface area (Å²) in [6.07, 6.45) is 0. The van der Waals surface area contributed by atoms with Crippen molar-refractivity contribution >= 4 is 42.4 Å². The summed E-state index contributed by atoms with van der Waals surface area (Å²) in [5.74, 6) is -0.688. The van der Waals surface area contributed by atoms with Crippen molar-refractivity contribution in [1.29, 1.82) is 0 Å². The maximum atomic E-state index is 9.57. The van der Waals surface area contributed by atoms with Gasteiger partial charge in [0.1, 0.15) is 0 Å². The van der Waals surface area contributed by atoms with Crippen LogP contribution in [0.15, 0.2) is 66.7 Å². The molecular weight excluding hydrogens is 442 g/mol. The maximum Gasteiger partial charge on any atom is 0.0968 e. The van der Waals surface area contributed by atoms with Gasteiger partial charge in [0.05, 0.1) is 41.2 Å². The van der Waals surface area contributed by atoms with E-state index in [4.69, 9.17) is 5.11 Å². The van der Waals surface area contributed by atoms with Gasteiger partial charge in [-0.15, -0.1) is 0 Å². The number of hydrogen-bond donors (Lipinski definition) is 4. The van der Waals surface area contributed by atoms with Crippen LogP contribution in [0.25, 0.3) is 32.3 Å². The van der Waals surface area contributed by atoms with Crippen molar-refractivity contribution in [3.8, 4) is 0 Å². The molecule has 0 spiro atoms. The molecule has 0 amide bonds. The number of nitrogens with one attached hydrogen (secondary N) is 1. The van der Waals surface area contributed by atoms with Crippen LogP contribution in [0.2, 0.25) is 0 Å². The monoisotopic (exact) mass is 470 g/mol. The molecule has 33 heavy (non-hydrogen) atoms. The molecule has 8 heteroatoms. The van der Waals surface area contributed by atoms with Crippen LogP contribution >= 0.6 is 0 Å². The number of rotatable bonds is 7. The van der Waals surface area contributed by atoms with Gasteiger partial charge in [0.25, 0.3) is 0 Å². The molecule has 0 bridgehead atoms. The Morgan fingerprint density at radius 3 is 1.97 bits per heavy atom. The van der Waals surface area contributed by atoms with Gasteiger partial charge in [-0.1, -0.05) is 60.7 Å². The van der Waals surface area contributed by atoms with E-state index in [1.165, 1.54) is 32.3 Å². The topological polar surface area (TPSA) is 130 Å². The zero-order valence-corrected chi connectivity index (χ0v) is 19.2. The van der Waals surface area contributed by atoms with Crippen LogP contribution in [0.5, 0.6) is 0 Å². The van der Waals surface area contributed by atoms with E-state index in [2.05, 4.69) is 72.0 Å². The molecule has 4 aromatic rings. The first-order valence-corrected chi connectivity index (χ1v) is 12.1. The zero-order valence-electron chi connectivity index (χ0n) is 18.4. The largest absolute Gasteiger partial charge is 0.748 e. The van der Waals surface area contributed by atoms with Crippen LogP contribution in [0.4, 0.5) is 0 Å². The van der Waals surface area contributed by atoms with Crippen LogP contribution < -0.4 is 5.32 Å². The Kier molecular flexibility index (Phi) is 8.01. The van der Waals surface area contributed by atoms with Crippen molar-refractivity contribution < 1.29 is 28.3 Å². The number of aliphatic hydroxyl groups excluding tert-OH is 3. The smallest absolute Gasteiger partial charge is 0.0968 e. The highest BCUT2D eigenvalue weighted by molar-refractivity contribution is 7.85. The Hall–Kier alpha value is -2.59. The predicted molar refractivity (Wildman–Crippen MR) is 130 cm³/mol. The molecule has 0 radical (unpaired) electrons. The van der Waals surface area contributed by atoms with Crippen molar-refractivity contribution in [3.63, 3.8) is 0 Å². The Morgan fingerprint density at radius 2 is 1.39 bits per heavy atom. The fraction of sp³-hybridized carbons (Fsp3) is 0.280. The van der Waals surface area contributed by atoms with Crippen molar-refractivity contribution in [3.05, 3.63) is 72.3 Å². The van der Waals surface area contributed by atoms with Crippen LogP contribution in [-0.2, 0) is 16.7 Å². The summed E-state index contributed by atoms with van der Waals surface area (Å²) in [5, 5.41) is 37.6. The van der Waals surface area contributed by atoms with Crippen molar-refractivity contribution in [2.24, 2.45) is 0 Å². The molecule has 0 aliphatic carbocycles. The number of fused-ring (bicyclic) bond motifs is 5. The van der Waals surface area contributed by atoms with Crippen molar-refractivity contribution in [1.82, 2.24) is 5.32 Å². The minimum atomic E-state index is -4.17. The van der Waals surface area contributed by atoms with Gasteiger partial charge in [0.2, 0.25) is 0 Å². The van der Waals surface area contributed by atoms with Crippen molar-refractivity contribution in [2.45, 2.75) is 19.0 Å². The molecule has 4 rings (SSSR count). The Bertz CT molecular complexity index is 1350. The molecule has 0 aromatic heterocycles. The van der Waals surface area contributed by atoms with Gasteiger partial charge in [-0.25, -0.2) is 8.42 Å². The molecule has 0 aliphatic heterocycles. The summed E-state index contributed by atoms with van der Waals surface area (Å²) in [6.45, 7) is 1.59. The van der Waals surface area contributed by atoms with Crippen LogP contribution in [-0.4, -0.2) is 59.4 Å². The average molecular weight is 471 g/mol. The Balaban J connectivity index is 0.000000383. The SMILES string of the molecule is CC(CO)(CO)NCc1cc2c3ccccc3ccc2c2ccccc12.O=S(=O)([O-])CCO. The van der Waals surface area contributed by atoms with E-state index < -0.39 is 28.0 Å². The molecule has 0 saturated carbocycles. The van der Waals surface area contributed by atoms with Gasteiger partial charge in [-0.2, -0.15) is 0 Å².